The van der Waals surface area contributed by atoms with Crippen LogP contribution in [0.1, 0.15) is 42.6 Å². The molecule has 1 aromatic heterocycles. The van der Waals surface area contributed by atoms with E-state index in [9.17, 15) is 9.59 Å². The zero-order valence-corrected chi connectivity index (χ0v) is 12.9. The van der Waals surface area contributed by atoms with E-state index in [0.29, 0.717) is 5.56 Å². The smallest absolute Gasteiger partial charge is 0.303 e. The second kappa shape index (κ2) is 5.35. The number of benzene rings is 1. The van der Waals surface area contributed by atoms with Crippen LogP contribution in [0.4, 0.5) is 0 Å². The highest BCUT2D eigenvalue weighted by Gasteiger charge is 2.27. The van der Waals surface area contributed by atoms with Gasteiger partial charge in [0.2, 0.25) is 0 Å². The van der Waals surface area contributed by atoms with Crippen LogP contribution in [0, 0.1) is 12.3 Å². The molecule has 112 valence electrons. The van der Waals surface area contributed by atoms with Crippen molar-refractivity contribution >= 4 is 22.7 Å². The summed E-state index contributed by atoms with van der Waals surface area (Å²) < 4.78 is 1.94. The molecule has 0 amide bonds. The van der Waals surface area contributed by atoms with Crippen LogP contribution in [0.25, 0.3) is 10.9 Å². The Balaban J connectivity index is 2.34. The summed E-state index contributed by atoms with van der Waals surface area (Å²) in [6.07, 6.45) is 2.05. The van der Waals surface area contributed by atoms with Crippen LogP contribution in [0.2, 0.25) is 0 Å². The molecule has 1 N–H and O–H groups in total. The van der Waals surface area contributed by atoms with Gasteiger partial charge < -0.3 is 9.67 Å². The van der Waals surface area contributed by atoms with E-state index >= 15 is 0 Å². The Kier molecular flexibility index (Phi) is 3.90. The monoisotopic (exact) mass is 287 g/mol. The highest BCUT2D eigenvalue weighted by molar-refractivity contribution is 6.08. The standard InChI is InChI=1S/C17H21NO3/c1-11-5-6-12-13(10-18(4)14(12)7-11)15(19)8-17(2,3)9-16(20)21/h5-7,10H,8-9H2,1-4H3,(H,20,21). The molecule has 0 unspecified atom stereocenters. The third kappa shape index (κ3) is 3.32. The number of Topliss-reactive ketones (excluding diaryl/α,β-unsaturated/α-hetero) is 1. The van der Waals surface area contributed by atoms with Crippen LogP contribution in [0.5, 0.6) is 0 Å². The summed E-state index contributed by atoms with van der Waals surface area (Å²) in [7, 11) is 1.92. The van der Waals surface area contributed by atoms with Crippen molar-refractivity contribution in [3.05, 3.63) is 35.5 Å². The highest BCUT2D eigenvalue weighted by Crippen LogP contribution is 2.30. The van der Waals surface area contributed by atoms with Gasteiger partial charge in [-0.3, -0.25) is 9.59 Å². The van der Waals surface area contributed by atoms with Gasteiger partial charge in [-0.2, -0.15) is 0 Å². The van der Waals surface area contributed by atoms with E-state index < -0.39 is 11.4 Å². The number of hydrogen-bond donors (Lipinski definition) is 1. The van der Waals surface area contributed by atoms with Crippen LogP contribution in [-0.2, 0) is 11.8 Å². The van der Waals surface area contributed by atoms with Gasteiger partial charge in [-0.15, -0.1) is 0 Å². The first-order valence-electron chi connectivity index (χ1n) is 7.00. The second-order valence-corrected chi connectivity index (χ2v) is 6.51. The van der Waals surface area contributed by atoms with Gasteiger partial charge in [0.25, 0.3) is 0 Å². The summed E-state index contributed by atoms with van der Waals surface area (Å²) in [6, 6.07) is 6.00. The van der Waals surface area contributed by atoms with E-state index in [2.05, 4.69) is 6.07 Å². The van der Waals surface area contributed by atoms with Gasteiger partial charge in [-0.05, 0) is 24.0 Å². The number of nitrogens with zero attached hydrogens (tertiary/aromatic N) is 1. The molecule has 1 heterocycles. The lowest BCUT2D eigenvalue weighted by Gasteiger charge is -2.21. The number of carboxylic acid groups (broad SMARTS) is 1. The van der Waals surface area contributed by atoms with E-state index in [-0.39, 0.29) is 18.6 Å². The van der Waals surface area contributed by atoms with Crippen molar-refractivity contribution in [1.82, 2.24) is 4.57 Å². The van der Waals surface area contributed by atoms with E-state index in [1.807, 2.05) is 50.7 Å². The number of carbonyl (C=O) groups excluding carboxylic acids is 1. The first-order chi connectivity index (χ1) is 9.69. The van der Waals surface area contributed by atoms with Crippen LogP contribution >= 0.6 is 0 Å². The predicted octanol–water partition coefficient (Wildman–Crippen LogP) is 3.56. The van der Waals surface area contributed by atoms with Gasteiger partial charge in [-0.1, -0.05) is 26.0 Å². The summed E-state index contributed by atoms with van der Waals surface area (Å²) >= 11 is 0. The number of rotatable bonds is 5. The summed E-state index contributed by atoms with van der Waals surface area (Å²) in [5.41, 5.74) is 2.30. The first-order valence-corrected chi connectivity index (χ1v) is 7.00. The molecule has 0 fully saturated rings. The van der Waals surface area contributed by atoms with Crippen molar-refractivity contribution in [3.8, 4) is 0 Å². The summed E-state index contributed by atoms with van der Waals surface area (Å²) in [4.78, 5) is 23.4. The van der Waals surface area contributed by atoms with Crippen molar-refractivity contribution < 1.29 is 14.7 Å². The lowest BCUT2D eigenvalue weighted by Crippen LogP contribution is -2.21. The molecule has 4 nitrogen and oxygen atoms in total. The molecule has 2 rings (SSSR count). The molecule has 2 aromatic rings. The van der Waals surface area contributed by atoms with Gasteiger partial charge in [0.1, 0.15) is 0 Å². The summed E-state index contributed by atoms with van der Waals surface area (Å²) in [5.74, 6) is -0.878. The van der Waals surface area contributed by atoms with Crippen molar-refractivity contribution in [3.63, 3.8) is 0 Å². The Labute approximate surface area is 124 Å². The van der Waals surface area contributed by atoms with Crippen LogP contribution in [0.3, 0.4) is 0 Å². The number of carboxylic acids is 1. The average Bonchev–Trinajstić information content (AvgIpc) is 2.64. The molecule has 0 spiro atoms. The predicted molar refractivity (Wildman–Crippen MR) is 82.6 cm³/mol. The highest BCUT2D eigenvalue weighted by atomic mass is 16.4. The third-order valence-corrected chi connectivity index (χ3v) is 3.72. The van der Waals surface area contributed by atoms with E-state index in [0.717, 1.165) is 16.5 Å². The van der Waals surface area contributed by atoms with E-state index in [1.165, 1.54) is 0 Å². The van der Waals surface area contributed by atoms with Crippen molar-refractivity contribution in [2.45, 2.75) is 33.6 Å². The van der Waals surface area contributed by atoms with Gasteiger partial charge >= 0.3 is 5.97 Å². The number of fused-ring (bicyclic) bond motifs is 1. The summed E-state index contributed by atoms with van der Waals surface area (Å²) in [6.45, 7) is 5.65. The molecule has 0 radical (unpaired) electrons. The average molecular weight is 287 g/mol. The molecule has 21 heavy (non-hydrogen) atoms. The molecule has 0 saturated heterocycles. The fourth-order valence-corrected chi connectivity index (χ4v) is 2.72. The number of carbonyl (C=O) groups is 2. The van der Waals surface area contributed by atoms with Crippen molar-refractivity contribution in [1.29, 1.82) is 0 Å². The zero-order chi connectivity index (χ0) is 15.8. The zero-order valence-electron chi connectivity index (χ0n) is 12.9. The maximum absolute atomic E-state index is 12.5. The molecular weight excluding hydrogens is 266 g/mol. The Bertz CT molecular complexity index is 710. The van der Waals surface area contributed by atoms with Gasteiger partial charge in [0.15, 0.2) is 5.78 Å². The maximum Gasteiger partial charge on any atom is 0.303 e. The quantitative estimate of drug-likeness (QED) is 0.855. The van der Waals surface area contributed by atoms with Crippen molar-refractivity contribution in [2.24, 2.45) is 12.5 Å². The molecule has 1 aromatic carbocycles. The number of aromatic nitrogens is 1. The SMILES string of the molecule is Cc1ccc2c(C(=O)CC(C)(C)CC(=O)O)cn(C)c2c1. The van der Waals surface area contributed by atoms with Crippen LogP contribution < -0.4 is 0 Å². The van der Waals surface area contributed by atoms with Crippen LogP contribution in [-0.4, -0.2) is 21.4 Å². The lowest BCUT2D eigenvalue weighted by atomic mass is 9.82. The normalized spacial score (nSPS) is 11.8. The summed E-state index contributed by atoms with van der Waals surface area (Å²) in [5, 5.41) is 9.85. The Morgan fingerprint density at radius 3 is 2.52 bits per heavy atom. The Morgan fingerprint density at radius 2 is 1.90 bits per heavy atom. The minimum absolute atomic E-state index is 0.00398. The number of hydrogen-bond acceptors (Lipinski definition) is 2. The molecule has 0 aliphatic carbocycles. The van der Waals surface area contributed by atoms with Gasteiger partial charge in [0, 0.05) is 36.1 Å². The number of ketones is 1. The number of aryl methyl sites for hydroxylation is 2. The topological polar surface area (TPSA) is 59.3 Å². The Hall–Kier alpha value is -2.10. The minimum atomic E-state index is -0.874. The third-order valence-electron chi connectivity index (χ3n) is 3.72. The molecule has 0 atom stereocenters. The van der Waals surface area contributed by atoms with Crippen LogP contribution in [0.15, 0.2) is 24.4 Å². The first kappa shape index (κ1) is 15.3. The minimum Gasteiger partial charge on any atom is -0.481 e. The second-order valence-electron chi connectivity index (χ2n) is 6.51. The van der Waals surface area contributed by atoms with Gasteiger partial charge in [-0.25, -0.2) is 0 Å². The van der Waals surface area contributed by atoms with Gasteiger partial charge in [0.05, 0.1) is 6.42 Å². The fraction of sp³-hybridized carbons (Fsp3) is 0.412. The maximum atomic E-state index is 12.5. The largest absolute Gasteiger partial charge is 0.481 e. The molecule has 0 bridgehead atoms. The van der Waals surface area contributed by atoms with E-state index in [4.69, 9.17) is 5.11 Å². The van der Waals surface area contributed by atoms with E-state index in [1.54, 1.807) is 0 Å². The fourth-order valence-electron chi connectivity index (χ4n) is 2.72. The molecule has 0 saturated carbocycles. The molecule has 0 aliphatic rings. The molecular formula is C17H21NO3. The van der Waals surface area contributed by atoms with Crippen molar-refractivity contribution in [2.75, 3.05) is 0 Å². The Morgan fingerprint density at radius 1 is 1.24 bits per heavy atom. The molecule has 0 aliphatic heterocycles. The number of aliphatic carboxylic acids is 1. The lowest BCUT2D eigenvalue weighted by molar-refractivity contribution is -0.139. The molecule has 4 heteroatoms.